The number of piperazine rings is 2. The van der Waals surface area contributed by atoms with E-state index in [4.69, 9.17) is 0 Å². The molecule has 3 rings (SSSR count). The molecule has 0 saturated carbocycles. The molecule has 18 heavy (non-hydrogen) atoms. The number of hydrogen-bond donors (Lipinski definition) is 1. The van der Waals surface area contributed by atoms with Crippen LogP contribution in [-0.4, -0.2) is 85.6 Å². The molecule has 0 aromatic heterocycles. The van der Waals surface area contributed by atoms with Crippen molar-refractivity contribution in [1.82, 2.24) is 20.0 Å². The van der Waals surface area contributed by atoms with Crippen LogP contribution < -0.4 is 5.32 Å². The maximum atomic E-state index is 12.2. The second kappa shape index (κ2) is 5.15. The average molecular weight is 252 g/mol. The van der Waals surface area contributed by atoms with Gasteiger partial charge in [0.15, 0.2) is 0 Å². The lowest BCUT2D eigenvalue weighted by atomic mass is 10.0. The fraction of sp³-hybridized carbons (Fsp3) is 0.923. The SMILES string of the molecule is CN1CCN2CCN(C3CCNCC3)C[C@H]2C1=O. The van der Waals surface area contributed by atoms with Gasteiger partial charge < -0.3 is 10.2 Å². The van der Waals surface area contributed by atoms with Gasteiger partial charge in [-0.25, -0.2) is 0 Å². The van der Waals surface area contributed by atoms with Crippen molar-refractivity contribution < 1.29 is 4.79 Å². The topological polar surface area (TPSA) is 38.8 Å². The van der Waals surface area contributed by atoms with Crippen molar-refractivity contribution in [3.8, 4) is 0 Å². The van der Waals surface area contributed by atoms with Crippen molar-refractivity contribution in [1.29, 1.82) is 0 Å². The van der Waals surface area contributed by atoms with E-state index >= 15 is 0 Å². The quantitative estimate of drug-likeness (QED) is 0.663. The summed E-state index contributed by atoms with van der Waals surface area (Å²) >= 11 is 0. The Kier molecular flexibility index (Phi) is 3.54. The zero-order valence-electron chi connectivity index (χ0n) is 11.3. The number of nitrogens with zero attached hydrogens (tertiary/aromatic N) is 3. The Balaban J connectivity index is 1.65. The Labute approximate surface area is 109 Å². The molecule has 5 nitrogen and oxygen atoms in total. The number of rotatable bonds is 1. The van der Waals surface area contributed by atoms with Crippen LogP contribution in [0.4, 0.5) is 0 Å². The summed E-state index contributed by atoms with van der Waals surface area (Å²) in [6.45, 7) is 7.34. The molecule has 3 saturated heterocycles. The zero-order valence-corrected chi connectivity index (χ0v) is 11.3. The Bertz CT molecular complexity index is 316. The van der Waals surface area contributed by atoms with Crippen molar-refractivity contribution in [2.24, 2.45) is 0 Å². The molecule has 0 bridgehead atoms. The summed E-state index contributed by atoms with van der Waals surface area (Å²) in [4.78, 5) is 19.1. The molecule has 1 amide bonds. The molecular formula is C13H24N4O. The van der Waals surface area contributed by atoms with E-state index in [1.165, 1.54) is 12.8 Å². The maximum Gasteiger partial charge on any atom is 0.241 e. The van der Waals surface area contributed by atoms with E-state index in [0.29, 0.717) is 11.9 Å². The van der Waals surface area contributed by atoms with Crippen LogP contribution in [0.3, 0.4) is 0 Å². The molecule has 102 valence electrons. The van der Waals surface area contributed by atoms with Gasteiger partial charge in [-0.3, -0.25) is 14.6 Å². The Morgan fingerprint density at radius 2 is 1.72 bits per heavy atom. The normalized spacial score (nSPS) is 32.6. The molecule has 0 radical (unpaired) electrons. The second-order valence-corrected chi connectivity index (χ2v) is 5.79. The van der Waals surface area contributed by atoms with Gasteiger partial charge in [-0.1, -0.05) is 0 Å². The van der Waals surface area contributed by atoms with Crippen molar-refractivity contribution in [2.75, 3.05) is 52.9 Å². The molecule has 3 fully saturated rings. The predicted molar refractivity (Wildman–Crippen MR) is 70.5 cm³/mol. The number of amides is 1. The number of likely N-dealkylation sites (N-methyl/N-ethyl adjacent to an activating group) is 1. The van der Waals surface area contributed by atoms with E-state index in [1.807, 2.05) is 11.9 Å². The minimum Gasteiger partial charge on any atom is -0.343 e. The smallest absolute Gasteiger partial charge is 0.241 e. The molecule has 0 unspecified atom stereocenters. The van der Waals surface area contributed by atoms with Crippen LogP contribution in [0.2, 0.25) is 0 Å². The fourth-order valence-electron chi connectivity index (χ4n) is 3.49. The minimum atomic E-state index is 0.118. The van der Waals surface area contributed by atoms with Crippen LogP contribution in [0, 0.1) is 0 Å². The number of carbonyl (C=O) groups is 1. The first-order chi connectivity index (χ1) is 8.75. The van der Waals surface area contributed by atoms with Gasteiger partial charge in [0.1, 0.15) is 6.04 Å². The maximum absolute atomic E-state index is 12.2. The summed E-state index contributed by atoms with van der Waals surface area (Å²) < 4.78 is 0. The van der Waals surface area contributed by atoms with E-state index in [2.05, 4.69) is 15.1 Å². The van der Waals surface area contributed by atoms with E-state index < -0.39 is 0 Å². The Morgan fingerprint density at radius 3 is 2.50 bits per heavy atom. The van der Waals surface area contributed by atoms with Gasteiger partial charge in [0.25, 0.3) is 0 Å². The van der Waals surface area contributed by atoms with Crippen LogP contribution in [0.25, 0.3) is 0 Å². The van der Waals surface area contributed by atoms with E-state index in [1.54, 1.807) is 0 Å². The van der Waals surface area contributed by atoms with Crippen LogP contribution in [0.5, 0.6) is 0 Å². The lowest BCUT2D eigenvalue weighted by Gasteiger charge is -2.48. The van der Waals surface area contributed by atoms with Gasteiger partial charge in [-0.05, 0) is 25.9 Å². The van der Waals surface area contributed by atoms with Crippen LogP contribution in [-0.2, 0) is 4.79 Å². The highest BCUT2D eigenvalue weighted by molar-refractivity contribution is 5.82. The van der Waals surface area contributed by atoms with Crippen molar-refractivity contribution in [3.05, 3.63) is 0 Å². The molecule has 3 aliphatic rings. The molecule has 1 N–H and O–H groups in total. The highest BCUT2D eigenvalue weighted by Gasteiger charge is 2.38. The first-order valence-corrected chi connectivity index (χ1v) is 7.19. The Morgan fingerprint density at radius 1 is 1.06 bits per heavy atom. The summed E-state index contributed by atoms with van der Waals surface area (Å²) in [7, 11) is 1.93. The van der Waals surface area contributed by atoms with E-state index in [0.717, 1.165) is 45.8 Å². The van der Waals surface area contributed by atoms with Crippen LogP contribution in [0.1, 0.15) is 12.8 Å². The number of hydrogen-bond acceptors (Lipinski definition) is 4. The molecular weight excluding hydrogens is 228 g/mol. The summed E-state index contributed by atoms with van der Waals surface area (Å²) in [5, 5.41) is 3.41. The van der Waals surface area contributed by atoms with Gasteiger partial charge in [-0.2, -0.15) is 0 Å². The third-order valence-electron chi connectivity index (χ3n) is 4.73. The molecule has 0 aromatic rings. The first kappa shape index (κ1) is 12.4. The van der Waals surface area contributed by atoms with Crippen molar-refractivity contribution >= 4 is 5.91 Å². The average Bonchev–Trinajstić information content (AvgIpc) is 2.44. The van der Waals surface area contributed by atoms with E-state index in [-0.39, 0.29) is 6.04 Å². The fourth-order valence-corrected chi connectivity index (χ4v) is 3.49. The lowest BCUT2D eigenvalue weighted by Crippen LogP contribution is -2.65. The summed E-state index contributed by atoms with van der Waals surface area (Å²) in [6, 6.07) is 0.806. The highest BCUT2D eigenvalue weighted by Crippen LogP contribution is 2.20. The van der Waals surface area contributed by atoms with Gasteiger partial charge >= 0.3 is 0 Å². The second-order valence-electron chi connectivity index (χ2n) is 5.79. The molecule has 0 spiro atoms. The largest absolute Gasteiger partial charge is 0.343 e. The lowest BCUT2D eigenvalue weighted by molar-refractivity contribution is -0.144. The van der Waals surface area contributed by atoms with Crippen molar-refractivity contribution in [2.45, 2.75) is 24.9 Å². The minimum absolute atomic E-state index is 0.118. The first-order valence-electron chi connectivity index (χ1n) is 7.19. The molecule has 3 aliphatic heterocycles. The van der Waals surface area contributed by atoms with Gasteiger partial charge in [0, 0.05) is 45.8 Å². The van der Waals surface area contributed by atoms with Crippen LogP contribution >= 0.6 is 0 Å². The molecule has 3 heterocycles. The standard InChI is InChI=1S/C13H24N4O/c1-15-6-7-16-8-9-17(10-12(16)13(15)18)11-2-4-14-5-3-11/h11-12,14H,2-10H2,1H3/t12-/m0/s1. The number of carbonyl (C=O) groups excluding carboxylic acids is 1. The van der Waals surface area contributed by atoms with E-state index in [9.17, 15) is 4.79 Å². The van der Waals surface area contributed by atoms with Crippen molar-refractivity contribution in [3.63, 3.8) is 0 Å². The third kappa shape index (κ3) is 2.27. The van der Waals surface area contributed by atoms with Gasteiger partial charge in [-0.15, -0.1) is 0 Å². The molecule has 0 aliphatic carbocycles. The highest BCUT2D eigenvalue weighted by atomic mass is 16.2. The number of piperidine rings is 1. The molecule has 0 aromatic carbocycles. The third-order valence-corrected chi connectivity index (χ3v) is 4.73. The Hall–Kier alpha value is -0.650. The summed E-state index contributed by atoms with van der Waals surface area (Å²) in [5.74, 6) is 0.319. The zero-order chi connectivity index (χ0) is 12.5. The number of fused-ring (bicyclic) bond motifs is 1. The molecule has 1 atom stereocenters. The van der Waals surface area contributed by atoms with Gasteiger partial charge in [0.05, 0.1) is 0 Å². The predicted octanol–water partition coefficient (Wildman–Crippen LogP) is -0.803. The van der Waals surface area contributed by atoms with Gasteiger partial charge in [0.2, 0.25) is 5.91 Å². The number of nitrogens with one attached hydrogen (secondary N) is 1. The molecule has 5 heteroatoms. The summed E-state index contributed by atoms with van der Waals surface area (Å²) in [5.41, 5.74) is 0. The monoisotopic (exact) mass is 252 g/mol. The van der Waals surface area contributed by atoms with Crippen LogP contribution in [0.15, 0.2) is 0 Å². The summed E-state index contributed by atoms with van der Waals surface area (Å²) in [6.07, 6.45) is 2.47.